The van der Waals surface area contributed by atoms with Crippen molar-refractivity contribution < 1.29 is 8.42 Å². The van der Waals surface area contributed by atoms with Crippen molar-refractivity contribution in [1.29, 1.82) is 0 Å². The van der Waals surface area contributed by atoms with Crippen LogP contribution in [0.4, 0.5) is 0 Å². The molecule has 0 aliphatic carbocycles. The lowest BCUT2D eigenvalue weighted by Gasteiger charge is -2.31. The lowest BCUT2D eigenvalue weighted by molar-refractivity contribution is 0.293. The zero-order valence-electron chi connectivity index (χ0n) is 10.9. The molecular formula is C11H19N3O2S2. The molecule has 2 rings (SSSR count). The van der Waals surface area contributed by atoms with Gasteiger partial charge in [-0.05, 0) is 33.7 Å². The summed E-state index contributed by atoms with van der Waals surface area (Å²) in [6, 6.07) is 0.253. The molecule has 1 aliphatic rings. The van der Waals surface area contributed by atoms with E-state index in [2.05, 4.69) is 10.3 Å². The fourth-order valence-electron chi connectivity index (χ4n) is 2.27. The van der Waals surface area contributed by atoms with E-state index in [0.717, 1.165) is 17.8 Å². The first kappa shape index (κ1) is 13.9. The first-order valence-corrected chi connectivity index (χ1v) is 8.32. The van der Waals surface area contributed by atoms with Crippen LogP contribution in [0.5, 0.6) is 0 Å². The molecule has 2 heterocycles. The van der Waals surface area contributed by atoms with Crippen LogP contribution in [0.25, 0.3) is 0 Å². The van der Waals surface area contributed by atoms with Crippen LogP contribution in [-0.4, -0.2) is 43.9 Å². The Bertz CT molecular complexity index is 524. The average Bonchev–Trinajstić information content (AvgIpc) is 2.69. The van der Waals surface area contributed by atoms with Crippen LogP contribution in [0.1, 0.15) is 23.5 Å². The van der Waals surface area contributed by atoms with Gasteiger partial charge in [-0.2, -0.15) is 4.31 Å². The Hall–Kier alpha value is -0.500. The molecule has 0 radical (unpaired) electrons. The highest BCUT2D eigenvalue weighted by Crippen LogP contribution is 2.28. The molecule has 1 aromatic heterocycles. The number of nitrogens with one attached hydrogen (secondary N) is 1. The number of nitrogens with zero attached hydrogens (tertiary/aromatic N) is 2. The number of likely N-dealkylation sites (N-methyl/N-ethyl adjacent to an activating group) is 1. The molecule has 1 saturated heterocycles. The highest BCUT2D eigenvalue weighted by atomic mass is 32.2. The van der Waals surface area contributed by atoms with Crippen molar-refractivity contribution in [2.24, 2.45) is 0 Å². The highest BCUT2D eigenvalue weighted by molar-refractivity contribution is 7.91. The molecule has 1 N–H and O–H groups in total. The number of rotatable bonds is 3. The second-order valence-corrected chi connectivity index (χ2v) is 7.93. The summed E-state index contributed by atoms with van der Waals surface area (Å²) in [6.07, 6.45) is 1.94. The van der Waals surface area contributed by atoms with Crippen LogP contribution in [-0.2, 0) is 10.0 Å². The van der Waals surface area contributed by atoms with Crippen molar-refractivity contribution in [2.75, 3.05) is 20.1 Å². The van der Waals surface area contributed by atoms with E-state index in [1.54, 1.807) is 11.2 Å². The van der Waals surface area contributed by atoms with Gasteiger partial charge in [0.05, 0.1) is 10.7 Å². The van der Waals surface area contributed by atoms with Crippen molar-refractivity contribution in [2.45, 2.75) is 36.9 Å². The van der Waals surface area contributed by atoms with Gasteiger partial charge in [-0.25, -0.2) is 13.4 Å². The molecule has 0 aromatic carbocycles. The molecule has 1 unspecified atom stereocenters. The molecule has 1 aliphatic heterocycles. The molecule has 18 heavy (non-hydrogen) atoms. The fourth-order valence-corrected chi connectivity index (χ4v) is 5.41. The number of aryl methyl sites for hydroxylation is 2. The van der Waals surface area contributed by atoms with E-state index in [1.807, 2.05) is 14.0 Å². The minimum Gasteiger partial charge on any atom is -0.316 e. The maximum absolute atomic E-state index is 12.6. The van der Waals surface area contributed by atoms with E-state index in [1.165, 1.54) is 11.3 Å². The minimum absolute atomic E-state index is 0.253. The van der Waals surface area contributed by atoms with Gasteiger partial charge in [0.15, 0.2) is 4.21 Å². The molecule has 0 amide bonds. The third-order valence-electron chi connectivity index (χ3n) is 3.23. The summed E-state index contributed by atoms with van der Waals surface area (Å²) in [5.41, 5.74) is 0.615. The van der Waals surface area contributed by atoms with Crippen LogP contribution in [0.2, 0.25) is 0 Å². The van der Waals surface area contributed by atoms with Gasteiger partial charge in [-0.15, -0.1) is 11.3 Å². The lowest BCUT2D eigenvalue weighted by atomic mass is 10.1. The van der Waals surface area contributed by atoms with Crippen molar-refractivity contribution in [3.8, 4) is 0 Å². The van der Waals surface area contributed by atoms with Crippen molar-refractivity contribution in [1.82, 2.24) is 14.6 Å². The monoisotopic (exact) mass is 289 g/mol. The molecule has 0 bridgehead atoms. The van der Waals surface area contributed by atoms with E-state index in [9.17, 15) is 8.42 Å². The largest absolute Gasteiger partial charge is 0.316 e. The molecular weight excluding hydrogens is 270 g/mol. The smallest absolute Gasteiger partial charge is 0.254 e. The Labute approximate surface area is 112 Å². The van der Waals surface area contributed by atoms with E-state index in [0.29, 0.717) is 23.0 Å². The maximum Gasteiger partial charge on any atom is 0.254 e. The van der Waals surface area contributed by atoms with E-state index in [4.69, 9.17) is 0 Å². The number of hydrogen-bond donors (Lipinski definition) is 1. The predicted molar refractivity (Wildman–Crippen MR) is 72.4 cm³/mol. The van der Waals surface area contributed by atoms with Gasteiger partial charge < -0.3 is 5.32 Å². The lowest BCUT2D eigenvalue weighted by Crippen LogP contribution is -2.46. The number of sulfonamides is 1. The second-order valence-electron chi connectivity index (χ2n) is 4.60. The van der Waals surface area contributed by atoms with Crippen molar-refractivity contribution >= 4 is 21.4 Å². The van der Waals surface area contributed by atoms with Crippen LogP contribution < -0.4 is 5.32 Å². The topological polar surface area (TPSA) is 62.3 Å². The Balaban J connectivity index is 2.28. The summed E-state index contributed by atoms with van der Waals surface area (Å²) in [5, 5.41) is 3.96. The van der Waals surface area contributed by atoms with Crippen molar-refractivity contribution in [3.63, 3.8) is 0 Å². The quantitative estimate of drug-likeness (QED) is 0.906. The number of hydrogen-bond acceptors (Lipinski definition) is 5. The average molecular weight is 289 g/mol. The van der Waals surface area contributed by atoms with Gasteiger partial charge in [-0.3, -0.25) is 0 Å². The summed E-state index contributed by atoms with van der Waals surface area (Å²) >= 11 is 1.26. The third-order valence-corrected chi connectivity index (χ3v) is 6.75. The van der Waals surface area contributed by atoms with Gasteiger partial charge in [0.25, 0.3) is 10.0 Å². The van der Waals surface area contributed by atoms with Gasteiger partial charge >= 0.3 is 0 Å². The summed E-state index contributed by atoms with van der Waals surface area (Å²) < 4.78 is 27.1. The number of aromatic nitrogens is 1. The highest BCUT2D eigenvalue weighted by Gasteiger charge is 2.32. The summed E-state index contributed by atoms with van der Waals surface area (Å²) in [7, 11) is -1.49. The Morgan fingerprint density at radius 3 is 2.72 bits per heavy atom. The van der Waals surface area contributed by atoms with Gasteiger partial charge in [0.1, 0.15) is 0 Å². The first-order valence-electron chi connectivity index (χ1n) is 6.06. The third kappa shape index (κ3) is 2.59. The van der Waals surface area contributed by atoms with Gasteiger partial charge in [0, 0.05) is 19.1 Å². The molecule has 0 spiro atoms. The van der Waals surface area contributed by atoms with Crippen LogP contribution in [0.3, 0.4) is 0 Å². The fraction of sp³-hybridized carbons (Fsp3) is 0.727. The maximum atomic E-state index is 12.6. The molecule has 7 heteroatoms. The molecule has 1 atom stereocenters. The number of thiazole rings is 1. The van der Waals surface area contributed by atoms with E-state index >= 15 is 0 Å². The molecule has 0 saturated carbocycles. The van der Waals surface area contributed by atoms with Crippen molar-refractivity contribution in [3.05, 3.63) is 10.7 Å². The molecule has 5 nitrogen and oxygen atoms in total. The van der Waals surface area contributed by atoms with Crippen LogP contribution in [0, 0.1) is 13.8 Å². The Morgan fingerprint density at radius 2 is 2.17 bits per heavy atom. The molecule has 102 valence electrons. The predicted octanol–water partition coefficient (Wildman–Crippen LogP) is 1.13. The van der Waals surface area contributed by atoms with Crippen LogP contribution in [0.15, 0.2) is 4.21 Å². The SMILES string of the molecule is CNC1CCCN(S(=O)(=O)c2sc(C)nc2C)C1. The van der Waals surface area contributed by atoms with E-state index < -0.39 is 10.0 Å². The zero-order valence-corrected chi connectivity index (χ0v) is 12.6. The van der Waals surface area contributed by atoms with Crippen LogP contribution >= 0.6 is 11.3 Å². The second kappa shape index (κ2) is 5.24. The summed E-state index contributed by atoms with van der Waals surface area (Å²) in [4.78, 5) is 4.21. The van der Waals surface area contributed by atoms with Gasteiger partial charge in [0.2, 0.25) is 0 Å². The number of piperidine rings is 1. The standard InChI is InChI=1S/C11H19N3O2S2/c1-8-11(17-9(2)13-8)18(15,16)14-6-4-5-10(7-14)12-3/h10,12H,4-7H2,1-3H3. The van der Waals surface area contributed by atoms with Gasteiger partial charge in [-0.1, -0.05) is 0 Å². The Morgan fingerprint density at radius 1 is 1.44 bits per heavy atom. The molecule has 1 fully saturated rings. The van der Waals surface area contributed by atoms with E-state index in [-0.39, 0.29) is 6.04 Å². The first-order chi connectivity index (χ1) is 8.45. The zero-order chi connectivity index (χ0) is 13.3. The summed E-state index contributed by atoms with van der Waals surface area (Å²) in [6.45, 7) is 4.76. The Kier molecular flexibility index (Phi) is 4.05. The summed E-state index contributed by atoms with van der Waals surface area (Å²) in [5.74, 6) is 0. The molecule has 1 aromatic rings. The minimum atomic E-state index is -3.37. The normalized spacial score (nSPS) is 22.3.